The summed E-state index contributed by atoms with van der Waals surface area (Å²) >= 11 is 6.09. The van der Waals surface area contributed by atoms with Crippen molar-refractivity contribution in [1.82, 2.24) is 4.57 Å². The smallest absolute Gasteiger partial charge is 0.248 e. The van der Waals surface area contributed by atoms with Gasteiger partial charge in [0.15, 0.2) is 0 Å². The van der Waals surface area contributed by atoms with Crippen LogP contribution in [0.25, 0.3) is 6.08 Å². The van der Waals surface area contributed by atoms with Crippen LogP contribution in [-0.2, 0) is 4.79 Å². The summed E-state index contributed by atoms with van der Waals surface area (Å²) in [5, 5.41) is 3.24. The number of hydrogen-bond acceptors (Lipinski definition) is 3. The molecule has 1 aromatic heterocycles. The molecule has 1 aliphatic rings. The first-order valence-electron chi connectivity index (χ1n) is 8.53. The van der Waals surface area contributed by atoms with Crippen molar-refractivity contribution >= 4 is 29.3 Å². The van der Waals surface area contributed by atoms with Gasteiger partial charge in [0, 0.05) is 35.6 Å². The summed E-state index contributed by atoms with van der Waals surface area (Å²) in [6, 6.07) is 6.00. The Morgan fingerprint density at radius 3 is 2.50 bits per heavy atom. The van der Waals surface area contributed by atoms with Gasteiger partial charge >= 0.3 is 0 Å². The van der Waals surface area contributed by atoms with Crippen LogP contribution in [0.3, 0.4) is 0 Å². The first kappa shape index (κ1) is 18.4. The van der Waals surface area contributed by atoms with Gasteiger partial charge < -0.3 is 19.4 Å². The van der Waals surface area contributed by atoms with Crippen LogP contribution in [0.5, 0.6) is 11.5 Å². The number of anilines is 1. The second-order valence-corrected chi connectivity index (χ2v) is 6.84. The zero-order valence-corrected chi connectivity index (χ0v) is 16.2. The topological polar surface area (TPSA) is 52.5 Å². The van der Waals surface area contributed by atoms with Gasteiger partial charge in [-0.1, -0.05) is 11.6 Å². The van der Waals surface area contributed by atoms with Crippen LogP contribution in [0.1, 0.15) is 35.8 Å². The van der Waals surface area contributed by atoms with Crippen molar-refractivity contribution in [2.24, 2.45) is 0 Å². The first-order chi connectivity index (χ1) is 12.4. The van der Waals surface area contributed by atoms with Crippen LogP contribution in [0.2, 0.25) is 5.02 Å². The number of ether oxygens (including phenoxy) is 2. The Morgan fingerprint density at radius 1 is 1.19 bits per heavy atom. The number of rotatable bonds is 6. The van der Waals surface area contributed by atoms with E-state index < -0.39 is 0 Å². The summed E-state index contributed by atoms with van der Waals surface area (Å²) in [6.07, 6.45) is 5.84. The molecule has 6 heteroatoms. The lowest BCUT2D eigenvalue weighted by molar-refractivity contribution is -0.111. The van der Waals surface area contributed by atoms with E-state index in [2.05, 4.69) is 29.8 Å². The zero-order valence-electron chi connectivity index (χ0n) is 15.4. The van der Waals surface area contributed by atoms with E-state index in [0.717, 1.165) is 5.56 Å². The lowest BCUT2D eigenvalue weighted by Gasteiger charge is -2.12. The highest BCUT2D eigenvalue weighted by atomic mass is 35.5. The van der Waals surface area contributed by atoms with Gasteiger partial charge in [0.25, 0.3) is 0 Å². The molecule has 26 heavy (non-hydrogen) atoms. The highest BCUT2D eigenvalue weighted by Gasteiger charge is 2.26. The standard InChI is InChI=1S/C20H23ClN2O3/c1-12-9-14(13(2)23(12)15-6-7-15)5-8-20(24)22-17-11-18(25-3)16(21)10-19(17)26-4/h5,8-11,15H,6-7H2,1-4H3,(H,22,24)/b8-5+. The average molecular weight is 375 g/mol. The van der Waals surface area contributed by atoms with Crippen molar-refractivity contribution in [3.63, 3.8) is 0 Å². The number of carbonyl (C=O) groups excluding carboxylic acids is 1. The van der Waals surface area contributed by atoms with Crippen molar-refractivity contribution in [2.75, 3.05) is 19.5 Å². The number of halogens is 1. The summed E-state index contributed by atoms with van der Waals surface area (Å²) in [4.78, 5) is 12.4. The average Bonchev–Trinajstić information content (AvgIpc) is 3.40. The van der Waals surface area contributed by atoms with E-state index in [-0.39, 0.29) is 5.91 Å². The number of methoxy groups -OCH3 is 2. The van der Waals surface area contributed by atoms with Crippen molar-refractivity contribution in [1.29, 1.82) is 0 Å². The predicted octanol–water partition coefficient (Wildman–Crippen LogP) is 4.76. The normalized spacial score (nSPS) is 13.9. The minimum atomic E-state index is -0.246. The molecule has 0 saturated heterocycles. The molecular weight excluding hydrogens is 352 g/mol. The lowest BCUT2D eigenvalue weighted by Crippen LogP contribution is -2.09. The molecular formula is C20H23ClN2O3. The summed E-state index contributed by atoms with van der Waals surface area (Å²) < 4.78 is 12.8. The zero-order chi connectivity index (χ0) is 18.8. The maximum Gasteiger partial charge on any atom is 0.248 e. The van der Waals surface area contributed by atoms with E-state index in [1.807, 2.05) is 6.08 Å². The van der Waals surface area contributed by atoms with Gasteiger partial charge in [-0.25, -0.2) is 0 Å². The third-order valence-electron chi connectivity index (χ3n) is 4.58. The summed E-state index contributed by atoms with van der Waals surface area (Å²) in [5.74, 6) is 0.702. The summed E-state index contributed by atoms with van der Waals surface area (Å²) in [5.41, 5.74) is 3.99. The minimum absolute atomic E-state index is 0.246. The molecule has 2 aromatic rings. The van der Waals surface area contributed by atoms with E-state index in [0.29, 0.717) is 28.3 Å². The number of hydrogen-bond donors (Lipinski definition) is 1. The van der Waals surface area contributed by atoms with Crippen molar-refractivity contribution < 1.29 is 14.3 Å². The van der Waals surface area contributed by atoms with E-state index in [4.69, 9.17) is 21.1 Å². The second-order valence-electron chi connectivity index (χ2n) is 6.44. The van der Waals surface area contributed by atoms with Gasteiger partial charge in [0.1, 0.15) is 11.5 Å². The molecule has 1 aliphatic carbocycles. The maximum atomic E-state index is 12.4. The quantitative estimate of drug-likeness (QED) is 0.741. The number of aromatic nitrogens is 1. The minimum Gasteiger partial charge on any atom is -0.495 e. The SMILES string of the molecule is COc1cc(NC(=O)/C=C/c2cc(C)n(C3CC3)c2C)c(OC)cc1Cl. The molecule has 138 valence electrons. The number of amides is 1. The molecule has 0 bridgehead atoms. The molecule has 1 heterocycles. The largest absolute Gasteiger partial charge is 0.495 e. The maximum absolute atomic E-state index is 12.4. The summed E-state index contributed by atoms with van der Waals surface area (Å²) in [7, 11) is 3.05. The second kappa shape index (κ2) is 7.46. The predicted molar refractivity (Wildman–Crippen MR) is 104 cm³/mol. The number of aryl methyl sites for hydroxylation is 1. The van der Waals surface area contributed by atoms with Crippen LogP contribution in [0.4, 0.5) is 5.69 Å². The molecule has 5 nitrogen and oxygen atoms in total. The number of nitrogens with one attached hydrogen (secondary N) is 1. The van der Waals surface area contributed by atoms with Crippen molar-refractivity contribution in [3.8, 4) is 11.5 Å². The monoisotopic (exact) mass is 374 g/mol. The molecule has 0 aliphatic heterocycles. The fourth-order valence-corrected chi connectivity index (χ4v) is 3.39. The molecule has 1 aromatic carbocycles. The molecule has 1 N–H and O–H groups in total. The highest BCUT2D eigenvalue weighted by molar-refractivity contribution is 6.32. The van der Waals surface area contributed by atoms with Crippen LogP contribution in [-0.4, -0.2) is 24.7 Å². The van der Waals surface area contributed by atoms with Gasteiger partial charge in [-0.2, -0.15) is 0 Å². The molecule has 3 rings (SSSR count). The van der Waals surface area contributed by atoms with Crippen LogP contribution in [0.15, 0.2) is 24.3 Å². The van der Waals surface area contributed by atoms with Gasteiger partial charge in [0.05, 0.1) is 24.9 Å². The molecule has 0 unspecified atom stereocenters. The van der Waals surface area contributed by atoms with E-state index in [9.17, 15) is 4.79 Å². The third-order valence-corrected chi connectivity index (χ3v) is 4.88. The lowest BCUT2D eigenvalue weighted by atomic mass is 10.2. The first-order valence-corrected chi connectivity index (χ1v) is 8.91. The Morgan fingerprint density at radius 2 is 1.88 bits per heavy atom. The van der Waals surface area contributed by atoms with Gasteiger partial charge in [-0.15, -0.1) is 0 Å². The van der Waals surface area contributed by atoms with Crippen LogP contribution < -0.4 is 14.8 Å². The fraction of sp³-hybridized carbons (Fsp3) is 0.350. The number of benzene rings is 1. The molecule has 0 atom stereocenters. The van der Waals surface area contributed by atoms with Crippen LogP contribution >= 0.6 is 11.6 Å². The van der Waals surface area contributed by atoms with Crippen molar-refractivity contribution in [3.05, 3.63) is 46.2 Å². The molecule has 1 amide bonds. The van der Waals surface area contributed by atoms with Gasteiger partial charge in [0.2, 0.25) is 5.91 Å². The summed E-state index contributed by atoms with van der Waals surface area (Å²) in [6.45, 7) is 4.20. The third kappa shape index (κ3) is 3.73. The van der Waals surface area contributed by atoms with Gasteiger partial charge in [-0.3, -0.25) is 4.79 Å². The Balaban J connectivity index is 1.77. The molecule has 1 fully saturated rings. The van der Waals surface area contributed by atoms with E-state index in [1.165, 1.54) is 44.5 Å². The van der Waals surface area contributed by atoms with Crippen molar-refractivity contribution in [2.45, 2.75) is 32.7 Å². The number of carbonyl (C=O) groups is 1. The Hall–Kier alpha value is -2.40. The molecule has 1 saturated carbocycles. The van der Waals surface area contributed by atoms with Crippen LogP contribution in [0, 0.1) is 13.8 Å². The van der Waals surface area contributed by atoms with Gasteiger partial charge in [-0.05, 0) is 44.4 Å². The molecule has 0 spiro atoms. The highest BCUT2D eigenvalue weighted by Crippen LogP contribution is 2.38. The number of nitrogens with zero attached hydrogens (tertiary/aromatic N) is 1. The Kier molecular flexibility index (Phi) is 5.28. The fourth-order valence-electron chi connectivity index (χ4n) is 3.16. The Bertz CT molecular complexity index is 866. The van der Waals surface area contributed by atoms with E-state index >= 15 is 0 Å². The molecule has 0 radical (unpaired) electrons. The van der Waals surface area contributed by atoms with E-state index in [1.54, 1.807) is 12.1 Å². The Labute approximate surface area is 158 Å².